The number of ether oxygens (including phenoxy) is 3. The van der Waals surface area contributed by atoms with Crippen LogP contribution < -0.4 is 14.8 Å². The Labute approximate surface area is 240 Å². The van der Waals surface area contributed by atoms with E-state index in [-0.39, 0.29) is 5.57 Å². The van der Waals surface area contributed by atoms with Crippen LogP contribution in [-0.4, -0.2) is 42.6 Å². The number of carbonyl (C=O) groups is 1. The molecule has 1 aromatic heterocycles. The van der Waals surface area contributed by atoms with Crippen molar-refractivity contribution in [1.82, 2.24) is 15.1 Å². The Morgan fingerprint density at radius 1 is 0.976 bits per heavy atom. The summed E-state index contributed by atoms with van der Waals surface area (Å²) in [5.41, 5.74) is 3.98. The number of benzene rings is 3. The highest BCUT2D eigenvalue weighted by Gasteiger charge is 2.15. The topological polar surface area (TPSA) is 98.4 Å². The molecule has 0 aliphatic heterocycles. The zero-order valence-corrected chi connectivity index (χ0v) is 23.4. The second kappa shape index (κ2) is 15.1. The number of nitriles is 1. The van der Waals surface area contributed by atoms with E-state index in [1.165, 1.54) is 0 Å². The average molecular weight is 551 g/mol. The highest BCUT2D eigenvalue weighted by atomic mass is 16.5. The summed E-state index contributed by atoms with van der Waals surface area (Å²) in [5.74, 6) is 1.11. The number of hydrogen-bond donors (Lipinski definition) is 1. The van der Waals surface area contributed by atoms with Crippen molar-refractivity contribution < 1.29 is 19.0 Å². The van der Waals surface area contributed by atoms with E-state index < -0.39 is 5.91 Å². The van der Waals surface area contributed by atoms with E-state index in [2.05, 4.69) is 12.2 Å². The first-order valence-electron chi connectivity index (χ1n) is 13.6. The molecule has 8 heteroatoms. The van der Waals surface area contributed by atoms with Crippen molar-refractivity contribution in [3.8, 4) is 34.5 Å². The molecule has 0 saturated heterocycles. The number of nitrogens with one attached hydrogen (secondary N) is 1. The third-order valence-electron chi connectivity index (χ3n) is 6.24. The molecule has 210 valence electrons. The first-order valence-corrected chi connectivity index (χ1v) is 13.6. The van der Waals surface area contributed by atoms with Crippen molar-refractivity contribution in [3.63, 3.8) is 0 Å². The molecule has 1 heterocycles. The second-order valence-corrected chi connectivity index (χ2v) is 9.29. The van der Waals surface area contributed by atoms with Gasteiger partial charge in [-0.1, -0.05) is 43.7 Å². The van der Waals surface area contributed by atoms with E-state index in [1.54, 1.807) is 17.9 Å². The molecule has 1 N–H and O–H groups in total. The van der Waals surface area contributed by atoms with Gasteiger partial charge < -0.3 is 19.5 Å². The monoisotopic (exact) mass is 550 g/mol. The Morgan fingerprint density at radius 3 is 2.37 bits per heavy atom. The molecule has 4 rings (SSSR count). The summed E-state index contributed by atoms with van der Waals surface area (Å²) in [5, 5.41) is 17.2. The fraction of sp³-hybridized carbons (Fsp3) is 0.242. The lowest BCUT2D eigenvalue weighted by Gasteiger charge is -2.09. The van der Waals surface area contributed by atoms with Crippen molar-refractivity contribution in [2.24, 2.45) is 0 Å². The SMILES string of the molecule is CCCCOc1ccc(COc2ccc(-c3nn(-c4ccccc4)cc3C=C(C#N)C(=O)NCCOC)cc2)cc1. The van der Waals surface area contributed by atoms with Gasteiger partial charge in [-0.2, -0.15) is 10.4 Å². The summed E-state index contributed by atoms with van der Waals surface area (Å²) in [6.07, 6.45) is 5.51. The first-order chi connectivity index (χ1) is 20.1. The van der Waals surface area contributed by atoms with Crippen LogP contribution in [0.15, 0.2) is 90.6 Å². The minimum Gasteiger partial charge on any atom is -0.494 e. The van der Waals surface area contributed by atoms with Crippen LogP contribution in [0.5, 0.6) is 11.5 Å². The van der Waals surface area contributed by atoms with Gasteiger partial charge in [0, 0.05) is 31.0 Å². The smallest absolute Gasteiger partial charge is 0.262 e. The molecule has 41 heavy (non-hydrogen) atoms. The van der Waals surface area contributed by atoms with Crippen LogP contribution in [0.3, 0.4) is 0 Å². The Morgan fingerprint density at radius 2 is 1.68 bits per heavy atom. The van der Waals surface area contributed by atoms with Gasteiger partial charge in [-0.25, -0.2) is 4.68 Å². The zero-order valence-electron chi connectivity index (χ0n) is 23.4. The van der Waals surface area contributed by atoms with E-state index in [9.17, 15) is 10.1 Å². The molecule has 0 bridgehead atoms. The number of rotatable bonds is 14. The number of carbonyl (C=O) groups excluding carboxylic acids is 1. The number of amides is 1. The Balaban J connectivity index is 1.52. The van der Waals surface area contributed by atoms with Crippen molar-refractivity contribution in [2.75, 3.05) is 26.9 Å². The number of nitrogens with zero attached hydrogens (tertiary/aromatic N) is 3. The molecule has 8 nitrogen and oxygen atoms in total. The zero-order chi connectivity index (χ0) is 28.9. The van der Waals surface area contributed by atoms with Crippen molar-refractivity contribution in [2.45, 2.75) is 26.4 Å². The third-order valence-corrected chi connectivity index (χ3v) is 6.24. The minimum atomic E-state index is -0.465. The Kier molecular flexibility index (Phi) is 10.7. The van der Waals surface area contributed by atoms with Crippen LogP contribution >= 0.6 is 0 Å². The summed E-state index contributed by atoms with van der Waals surface area (Å²) in [6, 6.07) is 27.2. The van der Waals surface area contributed by atoms with Crippen LogP contribution in [0.4, 0.5) is 0 Å². The highest BCUT2D eigenvalue weighted by Crippen LogP contribution is 2.28. The Bertz CT molecular complexity index is 1470. The lowest BCUT2D eigenvalue weighted by atomic mass is 10.1. The largest absolute Gasteiger partial charge is 0.494 e. The standard InChI is InChI=1S/C33H34N4O4/c1-3-4-19-40-30-14-10-25(11-15-30)24-41-31-16-12-26(13-17-31)32-28(21-27(22-34)33(38)35-18-20-39-2)23-37(36-32)29-8-6-5-7-9-29/h5-17,21,23H,3-4,18-20,24H2,1-2H3,(H,35,38). The maximum atomic E-state index is 12.6. The van der Waals surface area contributed by atoms with Crippen molar-refractivity contribution in [1.29, 1.82) is 5.26 Å². The van der Waals surface area contributed by atoms with Gasteiger partial charge >= 0.3 is 0 Å². The number of unbranched alkanes of at least 4 members (excludes halogenated alkanes) is 1. The van der Waals surface area contributed by atoms with Gasteiger partial charge in [-0.05, 0) is 66.6 Å². The van der Waals surface area contributed by atoms with Crippen molar-refractivity contribution >= 4 is 12.0 Å². The lowest BCUT2D eigenvalue weighted by molar-refractivity contribution is -0.117. The van der Waals surface area contributed by atoms with E-state index in [1.807, 2.05) is 91.1 Å². The van der Waals surface area contributed by atoms with Crippen molar-refractivity contribution in [3.05, 3.63) is 102 Å². The molecule has 0 atom stereocenters. The summed E-state index contributed by atoms with van der Waals surface area (Å²) in [7, 11) is 1.55. The number of aromatic nitrogens is 2. The van der Waals surface area contributed by atoms with Crippen LogP contribution in [-0.2, 0) is 16.1 Å². The fourth-order valence-electron chi connectivity index (χ4n) is 3.99. The van der Waals surface area contributed by atoms with Crippen LogP contribution in [0, 0.1) is 11.3 Å². The maximum absolute atomic E-state index is 12.6. The number of para-hydroxylation sites is 1. The van der Waals surface area contributed by atoms with Crippen LogP contribution in [0.2, 0.25) is 0 Å². The molecule has 0 radical (unpaired) electrons. The van der Waals surface area contributed by atoms with Gasteiger partial charge in [0.1, 0.15) is 29.7 Å². The first kappa shape index (κ1) is 29.1. The summed E-state index contributed by atoms with van der Waals surface area (Å²) >= 11 is 0. The Hall–Kier alpha value is -4.87. The fourth-order valence-corrected chi connectivity index (χ4v) is 3.99. The molecule has 4 aromatic rings. The van der Waals surface area contributed by atoms with Gasteiger partial charge in [0.2, 0.25) is 0 Å². The minimum absolute atomic E-state index is 0.0169. The summed E-state index contributed by atoms with van der Waals surface area (Å²) in [6.45, 7) is 3.95. The van der Waals surface area contributed by atoms with E-state index in [4.69, 9.17) is 19.3 Å². The van der Waals surface area contributed by atoms with Gasteiger partial charge in [0.15, 0.2) is 0 Å². The third kappa shape index (κ3) is 8.31. The van der Waals surface area contributed by atoms with E-state index >= 15 is 0 Å². The molecule has 0 spiro atoms. The number of hydrogen-bond acceptors (Lipinski definition) is 6. The normalized spacial score (nSPS) is 11.1. The quantitative estimate of drug-likeness (QED) is 0.118. The van der Waals surface area contributed by atoms with Gasteiger partial charge in [0.25, 0.3) is 5.91 Å². The van der Waals surface area contributed by atoms with E-state index in [0.29, 0.717) is 36.8 Å². The predicted octanol–water partition coefficient (Wildman–Crippen LogP) is 5.97. The molecule has 3 aromatic carbocycles. The molecular formula is C33H34N4O4. The predicted molar refractivity (Wildman–Crippen MR) is 159 cm³/mol. The average Bonchev–Trinajstić information content (AvgIpc) is 3.44. The molecule has 0 aliphatic carbocycles. The maximum Gasteiger partial charge on any atom is 0.262 e. The molecule has 0 aliphatic rings. The van der Waals surface area contributed by atoms with Gasteiger partial charge in [-0.3, -0.25) is 4.79 Å². The summed E-state index contributed by atoms with van der Waals surface area (Å²) < 4.78 is 18.4. The van der Waals surface area contributed by atoms with Gasteiger partial charge in [-0.15, -0.1) is 0 Å². The molecule has 0 unspecified atom stereocenters. The van der Waals surface area contributed by atoms with Crippen LogP contribution in [0.1, 0.15) is 30.9 Å². The molecular weight excluding hydrogens is 516 g/mol. The van der Waals surface area contributed by atoms with E-state index in [0.717, 1.165) is 42.0 Å². The lowest BCUT2D eigenvalue weighted by Crippen LogP contribution is -2.27. The highest BCUT2D eigenvalue weighted by molar-refractivity contribution is 6.02. The van der Waals surface area contributed by atoms with Crippen LogP contribution in [0.25, 0.3) is 23.0 Å². The molecule has 0 fully saturated rings. The second-order valence-electron chi connectivity index (χ2n) is 9.29. The number of methoxy groups -OCH3 is 1. The molecule has 1 amide bonds. The molecule has 0 saturated carbocycles. The summed E-state index contributed by atoms with van der Waals surface area (Å²) in [4.78, 5) is 12.6. The van der Waals surface area contributed by atoms with Gasteiger partial charge in [0.05, 0.1) is 24.6 Å².